The van der Waals surface area contributed by atoms with E-state index >= 15 is 0 Å². The van der Waals surface area contributed by atoms with Gasteiger partial charge in [-0.3, -0.25) is 9.59 Å². The van der Waals surface area contributed by atoms with Crippen molar-refractivity contribution in [1.82, 2.24) is 9.88 Å². The molecule has 1 rings (SSSR count). The molecule has 1 heterocycles. The number of amides is 1. The summed E-state index contributed by atoms with van der Waals surface area (Å²) in [6.07, 6.45) is 0.629. The highest BCUT2D eigenvalue weighted by molar-refractivity contribution is 5.79. The highest BCUT2D eigenvalue weighted by Crippen LogP contribution is 2.14. The summed E-state index contributed by atoms with van der Waals surface area (Å²) < 4.78 is 5.34. The molecule has 0 radical (unpaired) electrons. The minimum atomic E-state index is -0.0996. The van der Waals surface area contributed by atoms with Crippen molar-refractivity contribution in [2.75, 3.05) is 19.7 Å². The van der Waals surface area contributed by atoms with E-state index in [9.17, 15) is 9.59 Å². The first-order chi connectivity index (χ1) is 8.62. The SMILES string of the molecule is CCN(CC)C(=O)COc1ccc(C)nc1C=O. The lowest BCUT2D eigenvalue weighted by Crippen LogP contribution is -2.34. The van der Waals surface area contributed by atoms with Crippen molar-refractivity contribution in [3.8, 4) is 5.75 Å². The zero-order chi connectivity index (χ0) is 13.5. The second kappa shape index (κ2) is 6.74. The number of pyridine rings is 1. The highest BCUT2D eigenvalue weighted by atomic mass is 16.5. The van der Waals surface area contributed by atoms with Crippen LogP contribution in [-0.4, -0.2) is 41.8 Å². The smallest absolute Gasteiger partial charge is 0.260 e. The molecule has 0 fully saturated rings. The maximum atomic E-state index is 11.7. The number of aldehydes is 1. The Balaban J connectivity index is 2.69. The van der Waals surface area contributed by atoms with Crippen molar-refractivity contribution < 1.29 is 14.3 Å². The van der Waals surface area contributed by atoms with Gasteiger partial charge in [-0.2, -0.15) is 0 Å². The number of rotatable bonds is 6. The molecule has 18 heavy (non-hydrogen) atoms. The summed E-state index contributed by atoms with van der Waals surface area (Å²) in [5.41, 5.74) is 0.960. The van der Waals surface area contributed by atoms with Gasteiger partial charge in [0.25, 0.3) is 5.91 Å². The first-order valence-corrected chi connectivity index (χ1v) is 5.95. The van der Waals surface area contributed by atoms with Crippen LogP contribution in [-0.2, 0) is 4.79 Å². The normalized spacial score (nSPS) is 9.94. The molecule has 5 nitrogen and oxygen atoms in total. The fourth-order valence-electron chi connectivity index (χ4n) is 1.58. The van der Waals surface area contributed by atoms with Gasteiger partial charge in [0.1, 0.15) is 11.4 Å². The minimum absolute atomic E-state index is 0.0761. The number of carbonyl (C=O) groups is 2. The highest BCUT2D eigenvalue weighted by Gasteiger charge is 2.12. The first-order valence-electron chi connectivity index (χ1n) is 5.95. The third-order valence-electron chi connectivity index (χ3n) is 2.60. The molecule has 0 spiro atoms. The van der Waals surface area contributed by atoms with E-state index in [1.165, 1.54) is 0 Å². The standard InChI is InChI=1S/C13H18N2O3/c1-4-15(5-2)13(17)9-18-12-7-6-10(3)14-11(12)8-16/h6-8H,4-5,9H2,1-3H3. The quantitative estimate of drug-likeness (QED) is 0.717. The van der Waals surface area contributed by atoms with E-state index in [2.05, 4.69) is 4.98 Å². The van der Waals surface area contributed by atoms with Crippen LogP contribution < -0.4 is 4.74 Å². The van der Waals surface area contributed by atoms with Gasteiger partial charge in [0.05, 0.1) is 0 Å². The average Bonchev–Trinajstić information content (AvgIpc) is 2.38. The maximum Gasteiger partial charge on any atom is 0.260 e. The van der Waals surface area contributed by atoms with Gasteiger partial charge in [0.2, 0.25) is 0 Å². The van der Waals surface area contributed by atoms with E-state index in [0.29, 0.717) is 25.1 Å². The number of ether oxygens (including phenoxy) is 1. The Labute approximate surface area is 107 Å². The molecular formula is C13H18N2O3. The predicted octanol–water partition coefficient (Wildman–Crippen LogP) is 1.45. The predicted molar refractivity (Wildman–Crippen MR) is 67.8 cm³/mol. The number of carbonyl (C=O) groups excluding carboxylic acids is 2. The van der Waals surface area contributed by atoms with Crippen LogP contribution in [0.1, 0.15) is 30.0 Å². The van der Waals surface area contributed by atoms with Crippen LogP contribution in [0.4, 0.5) is 0 Å². The van der Waals surface area contributed by atoms with Crippen molar-refractivity contribution in [2.24, 2.45) is 0 Å². The van der Waals surface area contributed by atoms with E-state index in [4.69, 9.17) is 4.74 Å². The second-order valence-corrected chi connectivity index (χ2v) is 3.81. The molecule has 0 saturated carbocycles. The second-order valence-electron chi connectivity index (χ2n) is 3.81. The summed E-state index contributed by atoms with van der Waals surface area (Å²) in [5, 5.41) is 0. The average molecular weight is 250 g/mol. The van der Waals surface area contributed by atoms with Gasteiger partial charge in [-0.1, -0.05) is 0 Å². The van der Waals surface area contributed by atoms with Crippen LogP contribution in [0.15, 0.2) is 12.1 Å². The van der Waals surface area contributed by atoms with E-state index in [-0.39, 0.29) is 18.2 Å². The molecule has 0 atom stereocenters. The van der Waals surface area contributed by atoms with Crippen LogP contribution >= 0.6 is 0 Å². The van der Waals surface area contributed by atoms with Crippen LogP contribution in [0.25, 0.3) is 0 Å². The Morgan fingerprint density at radius 3 is 2.61 bits per heavy atom. The van der Waals surface area contributed by atoms with Gasteiger partial charge in [0.15, 0.2) is 12.9 Å². The summed E-state index contributed by atoms with van der Waals surface area (Å²) in [6, 6.07) is 3.39. The topological polar surface area (TPSA) is 59.5 Å². The molecule has 0 N–H and O–H groups in total. The molecular weight excluding hydrogens is 232 g/mol. The first kappa shape index (κ1) is 14.2. The summed E-state index contributed by atoms with van der Waals surface area (Å²) in [5.74, 6) is 0.244. The van der Waals surface area contributed by atoms with Gasteiger partial charge in [-0.15, -0.1) is 0 Å². The van der Waals surface area contributed by atoms with Crippen molar-refractivity contribution in [3.05, 3.63) is 23.5 Å². The van der Waals surface area contributed by atoms with Crippen molar-refractivity contribution in [3.63, 3.8) is 0 Å². The number of aromatic nitrogens is 1. The molecule has 0 aliphatic rings. The lowest BCUT2D eigenvalue weighted by atomic mass is 10.3. The monoisotopic (exact) mass is 250 g/mol. The summed E-state index contributed by atoms with van der Waals surface area (Å²) >= 11 is 0. The summed E-state index contributed by atoms with van der Waals surface area (Å²) in [4.78, 5) is 28.3. The zero-order valence-corrected chi connectivity index (χ0v) is 11.0. The van der Waals surface area contributed by atoms with Crippen LogP contribution in [0.5, 0.6) is 5.75 Å². The fraction of sp³-hybridized carbons (Fsp3) is 0.462. The molecule has 98 valence electrons. The largest absolute Gasteiger partial charge is 0.481 e. The summed E-state index contributed by atoms with van der Waals surface area (Å²) in [7, 11) is 0. The number of hydrogen-bond acceptors (Lipinski definition) is 4. The number of nitrogens with zero attached hydrogens (tertiary/aromatic N) is 2. The Hall–Kier alpha value is -1.91. The Kier molecular flexibility index (Phi) is 5.30. The molecule has 0 saturated heterocycles. The Bertz CT molecular complexity index is 428. The molecule has 0 unspecified atom stereocenters. The van der Waals surface area contributed by atoms with Gasteiger partial charge in [-0.25, -0.2) is 4.98 Å². The summed E-state index contributed by atoms with van der Waals surface area (Å²) in [6.45, 7) is 6.82. The number of aryl methyl sites for hydroxylation is 1. The Morgan fingerprint density at radius 1 is 1.39 bits per heavy atom. The maximum absolute atomic E-state index is 11.7. The molecule has 1 amide bonds. The van der Waals surface area contributed by atoms with E-state index < -0.39 is 0 Å². The third kappa shape index (κ3) is 3.55. The van der Waals surface area contributed by atoms with E-state index in [1.54, 1.807) is 24.0 Å². The number of hydrogen-bond donors (Lipinski definition) is 0. The lowest BCUT2D eigenvalue weighted by molar-refractivity contribution is -0.132. The van der Waals surface area contributed by atoms with Gasteiger partial charge >= 0.3 is 0 Å². The molecule has 1 aromatic heterocycles. The zero-order valence-electron chi connectivity index (χ0n) is 11.0. The fourth-order valence-corrected chi connectivity index (χ4v) is 1.58. The van der Waals surface area contributed by atoms with Gasteiger partial charge < -0.3 is 9.64 Å². The number of likely N-dealkylation sites (N-methyl/N-ethyl adjacent to an activating group) is 1. The van der Waals surface area contributed by atoms with Crippen LogP contribution in [0.2, 0.25) is 0 Å². The van der Waals surface area contributed by atoms with Crippen molar-refractivity contribution >= 4 is 12.2 Å². The molecule has 5 heteroatoms. The van der Waals surface area contributed by atoms with Gasteiger partial charge in [-0.05, 0) is 32.9 Å². The third-order valence-corrected chi connectivity index (χ3v) is 2.60. The van der Waals surface area contributed by atoms with Gasteiger partial charge in [0, 0.05) is 18.8 Å². The van der Waals surface area contributed by atoms with Crippen molar-refractivity contribution in [1.29, 1.82) is 0 Å². The molecule has 0 aliphatic heterocycles. The molecule has 0 aliphatic carbocycles. The van der Waals surface area contributed by atoms with E-state index in [0.717, 1.165) is 5.69 Å². The minimum Gasteiger partial charge on any atom is -0.481 e. The van der Waals surface area contributed by atoms with Crippen LogP contribution in [0, 0.1) is 6.92 Å². The molecule has 0 bridgehead atoms. The Morgan fingerprint density at radius 2 is 2.06 bits per heavy atom. The van der Waals surface area contributed by atoms with Crippen LogP contribution in [0.3, 0.4) is 0 Å². The van der Waals surface area contributed by atoms with Crippen molar-refractivity contribution in [2.45, 2.75) is 20.8 Å². The molecule has 1 aromatic rings. The molecule has 0 aromatic carbocycles. The van der Waals surface area contributed by atoms with E-state index in [1.807, 2.05) is 13.8 Å². The lowest BCUT2D eigenvalue weighted by Gasteiger charge is -2.18.